The molecule has 3 aromatic rings. The average Bonchev–Trinajstić information content (AvgIpc) is 2.79. The van der Waals surface area contributed by atoms with E-state index in [1.165, 1.54) is 6.07 Å². The zero-order valence-corrected chi connectivity index (χ0v) is 11.0. The highest BCUT2D eigenvalue weighted by molar-refractivity contribution is 5.39. The highest BCUT2D eigenvalue weighted by Gasteiger charge is 2.08. The van der Waals surface area contributed by atoms with E-state index in [9.17, 15) is 8.78 Å². The van der Waals surface area contributed by atoms with Crippen LogP contribution in [-0.4, -0.2) is 14.6 Å². The Morgan fingerprint density at radius 1 is 1.15 bits per heavy atom. The van der Waals surface area contributed by atoms with Crippen LogP contribution in [0.2, 0.25) is 0 Å². The van der Waals surface area contributed by atoms with Crippen molar-refractivity contribution in [1.82, 2.24) is 14.6 Å². The molecule has 0 amide bonds. The molecule has 2 aromatic heterocycles. The Kier molecular flexibility index (Phi) is 3.18. The van der Waals surface area contributed by atoms with Crippen molar-refractivity contribution < 1.29 is 8.78 Å². The molecule has 102 valence electrons. The summed E-state index contributed by atoms with van der Waals surface area (Å²) in [5.74, 6) is -1.58. The molecule has 0 atom stereocenters. The number of rotatable bonds is 3. The van der Waals surface area contributed by atoms with Gasteiger partial charge in [-0.3, -0.25) is 0 Å². The van der Waals surface area contributed by atoms with Gasteiger partial charge in [-0.1, -0.05) is 12.1 Å². The summed E-state index contributed by atoms with van der Waals surface area (Å²) in [6, 6.07) is 7.96. The van der Waals surface area contributed by atoms with E-state index in [-0.39, 0.29) is 0 Å². The van der Waals surface area contributed by atoms with E-state index in [1.54, 1.807) is 10.6 Å². The van der Waals surface area contributed by atoms with E-state index < -0.39 is 11.6 Å². The minimum Gasteiger partial charge on any atom is -0.234 e. The van der Waals surface area contributed by atoms with Crippen molar-refractivity contribution in [3.8, 4) is 0 Å². The van der Waals surface area contributed by atoms with Crippen LogP contribution in [0.3, 0.4) is 0 Å². The maximum Gasteiger partial charge on any atom is 0.162 e. The Balaban J connectivity index is 1.81. The van der Waals surface area contributed by atoms with Gasteiger partial charge in [0, 0.05) is 18.0 Å². The molecule has 0 radical (unpaired) electrons. The predicted molar refractivity (Wildman–Crippen MR) is 71.5 cm³/mol. The molecular formula is C15H13F2N3. The number of aryl methyl sites for hydroxylation is 3. The lowest BCUT2D eigenvalue weighted by atomic mass is 10.1. The van der Waals surface area contributed by atoms with Crippen LogP contribution in [0.1, 0.15) is 17.0 Å². The summed E-state index contributed by atoms with van der Waals surface area (Å²) >= 11 is 0. The molecule has 5 heteroatoms. The number of halogens is 2. The summed E-state index contributed by atoms with van der Waals surface area (Å²) in [4.78, 5) is 4.45. The monoisotopic (exact) mass is 273 g/mol. The topological polar surface area (TPSA) is 30.2 Å². The van der Waals surface area contributed by atoms with Crippen molar-refractivity contribution >= 4 is 5.65 Å². The van der Waals surface area contributed by atoms with Crippen molar-refractivity contribution in [2.45, 2.75) is 19.8 Å². The Hall–Kier alpha value is -2.30. The van der Waals surface area contributed by atoms with Gasteiger partial charge in [0.15, 0.2) is 17.3 Å². The second kappa shape index (κ2) is 5.00. The van der Waals surface area contributed by atoms with E-state index in [4.69, 9.17) is 0 Å². The molecule has 2 heterocycles. The Labute approximate surface area is 114 Å². The van der Waals surface area contributed by atoms with Gasteiger partial charge >= 0.3 is 0 Å². The number of benzene rings is 1. The van der Waals surface area contributed by atoms with Crippen molar-refractivity contribution in [3.63, 3.8) is 0 Å². The van der Waals surface area contributed by atoms with Gasteiger partial charge in [0.05, 0.1) is 5.69 Å². The lowest BCUT2D eigenvalue weighted by Crippen LogP contribution is -2.00. The van der Waals surface area contributed by atoms with Gasteiger partial charge in [-0.15, -0.1) is 0 Å². The zero-order chi connectivity index (χ0) is 14.1. The van der Waals surface area contributed by atoms with E-state index in [2.05, 4.69) is 10.1 Å². The van der Waals surface area contributed by atoms with Crippen molar-refractivity contribution in [2.75, 3.05) is 0 Å². The maximum absolute atomic E-state index is 13.6. The first-order valence-corrected chi connectivity index (χ1v) is 6.38. The highest BCUT2D eigenvalue weighted by atomic mass is 19.2. The number of aromatic nitrogens is 3. The summed E-state index contributed by atoms with van der Waals surface area (Å²) in [6.07, 6.45) is 2.80. The molecule has 0 aliphatic carbocycles. The second-order valence-electron chi connectivity index (χ2n) is 4.72. The molecule has 0 fully saturated rings. The number of nitrogens with zero attached hydrogens (tertiary/aromatic N) is 3. The standard InChI is InChI=1S/C15H13F2N3/c1-10-9-14-18-12(7-8-20(14)19-10)6-5-11-3-2-4-13(16)15(11)17/h2-4,7-9H,5-6H2,1H3. The minimum absolute atomic E-state index is 0.372. The third-order valence-corrected chi connectivity index (χ3v) is 3.19. The van der Waals surface area contributed by atoms with Crippen molar-refractivity contribution in [1.29, 1.82) is 0 Å². The highest BCUT2D eigenvalue weighted by Crippen LogP contribution is 2.14. The lowest BCUT2D eigenvalue weighted by molar-refractivity contribution is 0.498. The van der Waals surface area contributed by atoms with Gasteiger partial charge in [-0.05, 0) is 37.5 Å². The molecule has 3 rings (SSSR count). The van der Waals surface area contributed by atoms with Gasteiger partial charge in [-0.25, -0.2) is 18.3 Å². The second-order valence-corrected chi connectivity index (χ2v) is 4.72. The van der Waals surface area contributed by atoms with Gasteiger partial charge < -0.3 is 0 Å². The van der Waals surface area contributed by atoms with Gasteiger partial charge in [-0.2, -0.15) is 5.10 Å². The van der Waals surface area contributed by atoms with Crippen LogP contribution >= 0.6 is 0 Å². The van der Waals surface area contributed by atoms with Crippen molar-refractivity contribution in [3.05, 3.63) is 65.1 Å². The van der Waals surface area contributed by atoms with E-state index in [0.717, 1.165) is 23.1 Å². The number of hydrogen-bond acceptors (Lipinski definition) is 2. The van der Waals surface area contributed by atoms with Crippen LogP contribution in [0.4, 0.5) is 8.78 Å². The van der Waals surface area contributed by atoms with Crippen molar-refractivity contribution in [2.24, 2.45) is 0 Å². The molecule has 0 aliphatic heterocycles. The molecule has 3 nitrogen and oxygen atoms in total. The average molecular weight is 273 g/mol. The third kappa shape index (κ3) is 2.39. The fraction of sp³-hybridized carbons (Fsp3) is 0.200. The van der Waals surface area contributed by atoms with Crippen LogP contribution in [0.25, 0.3) is 5.65 Å². The first-order valence-electron chi connectivity index (χ1n) is 6.38. The summed E-state index contributed by atoms with van der Waals surface area (Å²) in [5, 5.41) is 4.24. The minimum atomic E-state index is -0.808. The molecule has 0 saturated heterocycles. The summed E-state index contributed by atoms with van der Waals surface area (Å²) in [6.45, 7) is 1.90. The van der Waals surface area contributed by atoms with E-state index in [0.29, 0.717) is 18.4 Å². The van der Waals surface area contributed by atoms with Crippen LogP contribution in [-0.2, 0) is 12.8 Å². The Morgan fingerprint density at radius 3 is 2.85 bits per heavy atom. The summed E-state index contributed by atoms with van der Waals surface area (Å²) in [5.41, 5.74) is 2.86. The Morgan fingerprint density at radius 2 is 2.00 bits per heavy atom. The quantitative estimate of drug-likeness (QED) is 0.734. The van der Waals surface area contributed by atoms with Crippen LogP contribution in [0.5, 0.6) is 0 Å². The number of hydrogen-bond donors (Lipinski definition) is 0. The Bertz CT molecular complexity index is 765. The lowest BCUT2D eigenvalue weighted by Gasteiger charge is -2.04. The fourth-order valence-corrected chi connectivity index (χ4v) is 2.18. The van der Waals surface area contributed by atoms with E-state index in [1.807, 2.05) is 25.3 Å². The number of fused-ring (bicyclic) bond motifs is 1. The molecule has 0 unspecified atom stereocenters. The third-order valence-electron chi connectivity index (χ3n) is 3.19. The van der Waals surface area contributed by atoms with Crippen LogP contribution < -0.4 is 0 Å². The van der Waals surface area contributed by atoms with Gasteiger partial charge in [0.1, 0.15) is 0 Å². The molecule has 0 spiro atoms. The summed E-state index contributed by atoms with van der Waals surface area (Å²) < 4.78 is 28.4. The largest absolute Gasteiger partial charge is 0.234 e. The predicted octanol–water partition coefficient (Wildman–Crippen LogP) is 3.10. The molecular weight excluding hydrogens is 260 g/mol. The summed E-state index contributed by atoms with van der Waals surface area (Å²) in [7, 11) is 0. The molecule has 20 heavy (non-hydrogen) atoms. The first-order chi connectivity index (χ1) is 9.63. The molecule has 0 N–H and O–H groups in total. The smallest absolute Gasteiger partial charge is 0.162 e. The maximum atomic E-state index is 13.6. The first kappa shape index (κ1) is 12.7. The van der Waals surface area contributed by atoms with Gasteiger partial charge in [0.25, 0.3) is 0 Å². The van der Waals surface area contributed by atoms with Crippen LogP contribution in [0.15, 0.2) is 36.5 Å². The van der Waals surface area contributed by atoms with Crippen LogP contribution in [0, 0.1) is 18.6 Å². The fourth-order valence-electron chi connectivity index (χ4n) is 2.18. The normalized spacial score (nSPS) is 11.2. The molecule has 1 aromatic carbocycles. The SMILES string of the molecule is Cc1cc2nc(CCc3cccc(F)c3F)ccn2n1. The molecule has 0 saturated carbocycles. The molecule has 0 bridgehead atoms. The van der Waals surface area contributed by atoms with Gasteiger partial charge in [0.2, 0.25) is 0 Å². The molecule has 0 aliphatic rings. The van der Waals surface area contributed by atoms with E-state index >= 15 is 0 Å². The zero-order valence-electron chi connectivity index (χ0n) is 11.0.